The Morgan fingerprint density at radius 3 is 2.58 bits per heavy atom. The fraction of sp³-hybridized carbons (Fsp3) is 0.167. The van der Waals surface area contributed by atoms with Gasteiger partial charge in [0.25, 0.3) is 0 Å². The number of hydrogen-bond acceptors (Lipinski definition) is 6. The highest BCUT2D eigenvalue weighted by atomic mass is 16.5. The molecule has 3 heterocycles. The fourth-order valence-corrected chi connectivity index (χ4v) is 4.11. The van der Waals surface area contributed by atoms with Crippen LogP contribution >= 0.6 is 0 Å². The molecule has 0 aliphatic carbocycles. The number of aromatic nitrogens is 4. The molecule has 0 amide bonds. The highest BCUT2D eigenvalue weighted by Gasteiger charge is 2.36. The zero-order valence-electron chi connectivity index (χ0n) is 17.4. The molecule has 7 heteroatoms. The Morgan fingerprint density at radius 2 is 1.84 bits per heavy atom. The second-order valence-corrected chi connectivity index (χ2v) is 7.34. The summed E-state index contributed by atoms with van der Waals surface area (Å²) in [5, 5.41) is 4.62. The van der Waals surface area contributed by atoms with Crippen LogP contribution in [0.1, 0.15) is 30.9 Å². The maximum Gasteiger partial charge on any atom is 0.228 e. The summed E-state index contributed by atoms with van der Waals surface area (Å²) in [6.45, 7) is 3.35. The third-order valence-corrected chi connectivity index (χ3v) is 5.45. The van der Waals surface area contributed by atoms with E-state index < -0.39 is 0 Å². The lowest BCUT2D eigenvalue weighted by atomic mass is 9.82. The molecule has 1 atom stereocenters. The predicted molar refractivity (Wildman–Crippen MR) is 115 cm³/mol. The van der Waals surface area contributed by atoms with E-state index in [4.69, 9.17) is 14.5 Å². The molecule has 0 bridgehead atoms. The minimum absolute atomic E-state index is 0.0523. The number of fused-ring (bicyclic) bond motifs is 3. The maximum absolute atomic E-state index is 12.6. The zero-order valence-corrected chi connectivity index (χ0v) is 17.4. The van der Waals surface area contributed by atoms with Crippen molar-refractivity contribution in [2.45, 2.75) is 19.8 Å². The van der Waals surface area contributed by atoms with Gasteiger partial charge in [0.05, 0.1) is 18.2 Å². The summed E-state index contributed by atoms with van der Waals surface area (Å²) in [5.41, 5.74) is 3.64. The molecule has 0 saturated heterocycles. The molecule has 31 heavy (non-hydrogen) atoms. The fourth-order valence-electron chi connectivity index (χ4n) is 4.11. The molecule has 4 aromatic rings. The number of ether oxygens (including phenoxy) is 2. The van der Waals surface area contributed by atoms with Crippen LogP contribution in [0.2, 0.25) is 0 Å². The number of carbonyl (C=O) groups is 1. The van der Waals surface area contributed by atoms with Crippen molar-refractivity contribution in [1.29, 1.82) is 0 Å². The normalized spacial score (nSPS) is 15.5. The van der Waals surface area contributed by atoms with Gasteiger partial charge < -0.3 is 9.47 Å². The first-order chi connectivity index (χ1) is 15.1. The molecular formula is C24H20N4O3. The molecule has 5 rings (SSSR count). The molecule has 2 aromatic carbocycles. The Balaban J connectivity index is 1.78. The number of benzene rings is 2. The number of allylic oxidation sites excluding steroid dienone is 2. The molecule has 1 aliphatic rings. The molecule has 0 saturated carbocycles. The van der Waals surface area contributed by atoms with Gasteiger partial charge in [-0.1, -0.05) is 42.5 Å². The van der Waals surface area contributed by atoms with E-state index >= 15 is 0 Å². The third-order valence-electron chi connectivity index (χ3n) is 5.45. The summed E-state index contributed by atoms with van der Waals surface area (Å²) in [5.74, 6) is 1.77. The van der Waals surface area contributed by atoms with Gasteiger partial charge in [-0.2, -0.15) is 0 Å². The largest absolute Gasteiger partial charge is 0.496 e. The van der Waals surface area contributed by atoms with Crippen LogP contribution in [0.15, 0.2) is 72.3 Å². The zero-order chi connectivity index (χ0) is 21.5. The van der Waals surface area contributed by atoms with Crippen molar-refractivity contribution in [3.05, 3.63) is 83.4 Å². The van der Waals surface area contributed by atoms with E-state index in [2.05, 4.69) is 10.1 Å². The molecule has 0 spiro atoms. The van der Waals surface area contributed by atoms with E-state index in [1.54, 1.807) is 31.8 Å². The molecule has 0 unspecified atom stereocenters. The van der Waals surface area contributed by atoms with E-state index in [0.717, 1.165) is 16.7 Å². The van der Waals surface area contributed by atoms with Gasteiger partial charge in [0.2, 0.25) is 5.88 Å². The van der Waals surface area contributed by atoms with Gasteiger partial charge in [0, 0.05) is 11.5 Å². The quantitative estimate of drug-likeness (QED) is 0.500. The average Bonchev–Trinajstić information content (AvgIpc) is 3.22. The minimum atomic E-state index is -0.353. The van der Waals surface area contributed by atoms with Crippen LogP contribution in [0.4, 0.5) is 0 Å². The summed E-state index contributed by atoms with van der Waals surface area (Å²) in [6.07, 6.45) is 1.58. The number of carbonyl (C=O) groups excluding carboxylic acids is 1. The lowest BCUT2D eigenvalue weighted by Gasteiger charge is -2.28. The van der Waals surface area contributed by atoms with Gasteiger partial charge >= 0.3 is 0 Å². The van der Waals surface area contributed by atoms with Crippen LogP contribution in [0.25, 0.3) is 17.0 Å². The van der Waals surface area contributed by atoms with E-state index in [1.165, 1.54) is 0 Å². The van der Waals surface area contributed by atoms with Crippen molar-refractivity contribution in [2.75, 3.05) is 7.11 Å². The predicted octanol–water partition coefficient (Wildman–Crippen LogP) is 4.19. The first kappa shape index (κ1) is 19.0. The van der Waals surface area contributed by atoms with Crippen molar-refractivity contribution >= 4 is 11.4 Å². The molecular weight excluding hydrogens is 392 g/mol. The second-order valence-electron chi connectivity index (χ2n) is 7.34. The van der Waals surface area contributed by atoms with Crippen molar-refractivity contribution in [1.82, 2.24) is 19.6 Å². The second kappa shape index (κ2) is 7.36. The van der Waals surface area contributed by atoms with Crippen molar-refractivity contribution in [2.24, 2.45) is 0 Å². The van der Waals surface area contributed by atoms with Crippen LogP contribution in [0, 0.1) is 0 Å². The van der Waals surface area contributed by atoms with Gasteiger partial charge in [-0.05, 0) is 31.5 Å². The van der Waals surface area contributed by atoms with Gasteiger partial charge in [0.15, 0.2) is 17.3 Å². The summed E-state index contributed by atoms with van der Waals surface area (Å²) >= 11 is 0. The monoisotopic (exact) mass is 412 g/mol. The van der Waals surface area contributed by atoms with E-state index in [1.807, 2.05) is 54.6 Å². The van der Waals surface area contributed by atoms with Gasteiger partial charge in [-0.25, -0.2) is 14.5 Å². The lowest BCUT2D eigenvalue weighted by molar-refractivity contribution is -0.114. The Morgan fingerprint density at radius 1 is 1.10 bits per heavy atom. The number of methoxy groups -OCH3 is 1. The highest BCUT2D eigenvalue weighted by Crippen LogP contribution is 2.44. The summed E-state index contributed by atoms with van der Waals surface area (Å²) in [4.78, 5) is 21.9. The number of hydrogen-bond donors (Lipinski definition) is 0. The van der Waals surface area contributed by atoms with E-state index in [0.29, 0.717) is 34.4 Å². The van der Waals surface area contributed by atoms with Crippen LogP contribution in [-0.2, 0) is 4.79 Å². The summed E-state index contributed by atoms with van der Waals surface area (Å²) in [7, 11) is 1.62. The van der Waals surface area contributed by atoms with E-state index in [-0.39, 0.29) is 11.7 Å². The average molecular weight is 412 g/mol. The van der Waals surface area contributed by atoms with Crippen LogP contribution < -0.4 is 9.47 Å². The number of ketones is 1. The Kier molecular flexibility index (Phi) is 4.51. The summed E-state index contributed by atoms with van der Waals surface area (Å²) < 4.78 is 13.1. The first-order valence-electron chi connectivity index (χ1n) is 9.91. The highest BCUT2D eigenvalue weighted by molar-refractivity contribution is 5.97. The Hall–Kier alpha value is -4.00. The number of nitrogens with zero attached hydrogens (tertiary/aromatic N) is 4. The smallest absolute Gasteiger partial charge is 0.228 e. The molecule has 1 aliphatic heterocycles. The Labute approximate surface area is 179 Å². The van der Waals surface area contributed by atoms with Gasteiger partial charge in [-0.3, -0.25) is 4.79 Å². The van der Waals surface area contributed by atoms with Crippen LogP contribution in [-0.4, -0.2) is 32.5 Å². The third kappa shape index (κ3) is 3.06. The van der Waals surface area contributed by atoms with Gasteiger partial charge in [-0.15, -0.1) is 5.10 Å². The van der Waals surface area contributed by atoms with E-state index in [9.17, 15) is 4.79 Å². The molecule has 0 N–H and O–H groups in total. The Bertz CT molecular complexity index is 1340. The molecule has 154 valence electrons. The minimum Gasteiger partial charge on any atom is -0.496 e. The van der Waals surface area contributed by atoms with Crippen molar-refractivity contribution < 1.29 is 14.3 Å². The molecule has 0 fully saturated rings. The SMILES string of the molecule is COc1ccccc1-c1nc2c3c(ncn2n1)OC(C)=C(C(C)=O)[C@@H]3c1ccccc1. The number of rotatable bonds is 4. The first-order valence-corrected chi connectivity index (χ1v) is 9.91. The standard InChI is InChI=1S/C24H20N4O3/c1-14(29)19-15(2)31-24-21(20(19)16-9-5-4-6-10-16)23-26-22(27-28(23)13-25-24)17-11-7-8-12-18(17)30-3/h4-13,20H,1-3H3/t20-/m0/s1. The molecule has 0 radical (unpaired) electrons. The van der Waals surface area contributed by atoms with Crippen LogP contribution in [0.3, 0.4) is 0 Å². The van der Waals surface area contributed by atoms with Crippen molar-refractivity contribution in [3.8, 4) is 23.0 Å². The molecule has 2 aromatic heterocycles. The number of Topliss-reactive ketones (excluding diaryl/α,β-unsaturated/α-hetero) is 1. The molecule has 7 nitrogen and oxygen atoms in total. The number of para-hydroxylation sites is 1. The van der Waals surface area contributed by atoms with Crippen LogP contribution in [0.5, 0.6) is 11.6 Å². The summed E-state index contributed by atoms with van der Waals surface area (Å²) in [6, 6.07) is 17.4. The topological polar surface area (TPSA) is 78.6 Å². The van der Waals surface area contributed by atoms with Gasteiger partial charge in [0.1, 0.15) is 17.8 Å². The maximum atomic E-state index is 12.6. The lowest BCUT2D eigenvalue weighted by Crippen LogP contribution is -2.22. The van der Waals surface area contributed by atoms with Crippen molar-refractivity contribution in [3.63, 3.8) is 0 Å².